The van der Waals surface area contributed by atoms with Crippen LogP contribution in [0.25, 0.3) is 0 Å². The molecule has 1 aromatic rings. The van der Waals surface area contributed by atoms with E-state index in [-0.39, 0.29) is 28.8 Å². The summed E-state index contributed by atoms with van der Waals surface area (Å²) in [5.74, 6) is 1.48. The largest absolute Gasteiger partial charge is 0.497 e. The number of hydrogen-bond acceptors (Lipinski definition) is 6. The van der Waals surface area contributed by atoms with Gasteiger partial charge in [0.15, 0.2) is 5.79 Å². The van der Waals surface area contributed by atoms with Crippen LogP contribution in [0.5, 0.6) is 5.75 Å². The highest BCUT2D eigenvalue weighted by molar-refractivity contribution is 7.85. The van der Waals surface area contributed by atoms with Crippen LogP contribution in [-0.4, -0.2) is 47.4 Å². The van der Waals surface area contributed by atoms with Crippen molar-refractivity contribution in [3.63, 3.8) is 0 Å². The van der Waals surface area contributed by atoms with Crippen LogP contribution in [0.3, 0.4) is 0 Å². The summed E-state index contributed by atoms with van der Waals surface area (Å²) in [7, 11) is -1.78. The molecule has 0 amide bonds. The van der Waals surface area contributed by atoms with Crippen LogP contribution < -0.4 is 4.74 Å². The van der Waals surface area contributed by atoms with Crippen LogP contribution in [-0.2, 0) is 30.2 Å². The van der Waals surface area contributed by atoms with Gasteiger partial charge >= 0.3 is 0 Å². The summed E-state index contributed by atoms with van der Waals surface area (Å²) < 4.78 is 47.8. The van der Waals surface area contributed by atoms with E-state index in [2.05, 4.69) is 32.0 Å². The van der Waals surface area contributed by atoms with Crippen molar-refractivity contribution in [2.24, 2.45) is 28.1 Å². The molecule has 1 aliphatic heterocycles. The molecule has 0 radical (unpaired) electrons. The Balaban J connectivity index is 1.43. The molecule has 4 aliphatic carbocycles. The summed E-state index contributed by atoms with van der Waals surface area (Å²) in [6.07, 6.45) is 8.84. The maximum Gasteiger partial charge on any atom is 0.264 e. The number of benzene rings is 1. The van der Waals surface area contributed by atoms with Gasteiger partial charge in [-0.05, 0) is 104 Å². The minimum atomic E-state index is -3.52. The van der Waals surface area contributed by atoms with Gasteiger partial charge in [-0.25, -0.2) is 0 Å². The lowest BCUT2D eigenvalue weighted by Crippen LogP contribution is -2.58. The summed E-state index contributed by atoms with van der Waals surface area (Å²) in [6, 6.07) is 6.65. The van der Waals surface area contributed by atoms with E-state index in [4.69, 9.17) is 18.4 Å². The average Bonchev–Trinajstić information content (AvgIpc) is 3.44. The fraction of sp³-hybridized carbons (Fsp3) is 0.778. The van der Waals surface area contributed by atoms with Crippen LogP contribution >= 0.6 is 0 Å². The fourth-order valence-corrected chi connectivity index (χ4v) is 10.4. The monoisotopic (exact) mass is 490 g/mol. The number of methoxy groups -OCH3 is 1. The topological polar surface area (TPSA) is 71.1 Å². The smallest absolute Gasteiger partial charge is 0.264 e. The zero-order chi connectivity index (χ0) is 24.0. The predicted molar refractivity (Wildman–Crippen MR) is 128 cm³/mol. The summed E-state index contributed by atoms with van der Waals surface area (Å²) in [5, 5.41) is 0. The second-order valence-electron chi connectivity index (χ2n) is 11.8. The van der Waals surface area contributed by atoms with Gasteiger partial charge in [-0.3, -0.25) is 4.18 Å². The zero-order valence-corrected chi connectivity index (χ0v) is 21.7. The molecule has 0 N–H and O–H groups in total. The van der Waals surface area contributed by atoms with Gasteiger partial charge in [-0.15, -0.1) is 0 Å². The number of aryl methyl sites for hydroxylation is 1. The highest BCUT2D eigenvalue weighted by Crippen LogP contribution is 2.85. The van der Waals surface area contributed by atoms with E-state index < -0.39 is 15.9 Å². The molecule has 5 aliphatic rings. The van der Waals surface area contributed by atoms with E-state index >= 15 is 0 Å². The fourth-order valence-electron chi connectivity index (χ4n) is 9.99. The summed E-state index contributed by atoms with van der Waals surface area (Å²) in [5.41, 5.74) is 2.87. The van der Waals surface area contributed by atoms with E-state index in [1.54, 1.807) is 7.11 Å². The molecule has 1 unspecified atom stereocenters. The molecule has 6 rings (SSSR count). The minimum Gasteiger partial charge on any atom is -0.497 e. The van der Waals surface area contributed by atoms with Gasteiger partial charge in [0.25, 0.3) is 10.1 Å². The van der Waals surface area contributed by atoms with Gasteiger partial charge < -0.3 is 14.2 Å². The van der Waals surface area contributed by atoms with E-state index in [0.717, 1.165) is 50.5 Å². The molecule has 1 aromatic carbocycles. The maximum absolute atomic E-state index is 12.0. The molecule has 1 saturated heterocycles. The SMILES string of the molecule is COc1ccc2c(c1)CC[C@@H]1[C@@H]2CC[C@@]2(C)C13CC[C@]2(C1(C)OCCO1)[C@H](COS(C)(=O)=O)C3. The average molecular weight is 491 g/mol. The normalized spacial score (nSPS) is 42.2. The van der Waals surface area contributed by atoms with Crippen molar-refractivity contribution in [3.05, 3.63) is 29.3 Å². The molecule has 3 saturated carbocycles. The number of ether oxygens (including phenoxy) is 3. The third kappa shape index (κ3) is 2.81. The molecule has 188 valence electrons. The van der Waals surface area contributed by atoms with Crippen molar-refractivity contribution in [1.29, 1.82) is 0 Å². The molecule has 34 heavy (non-hydrogen) atoms. The molecule has 0 aromatic heterocycles. The van der Waals surface area contributed by atoms with Crippen LogP contribution in [0.1, 0.15) is 69.4 Å². The first kappa shape index (κ1) is 23.3. The van der Waals surface area contributed by atoms with Gasteiger partial charge in [-0.1, -0.05) is 13.0 Å². The molecule has 1 heterocycles. The number of hydrogen-bond donors (Lipinski definition) is 0. The van der Waals surface area contributed by atoms with Gasteiger partial charge in [-0.2, -0.15) is 8.42 Å². The molecule has 6 nitrogen and oxygen atoms in total. The second-order valence-corrected chi connectivity index (χ2v) is 13.5. The van der Waals surface area contributed by atoms with Crippen molar-refractivity contribution in [2.45, 2.75) is 70.5 Å². The highest BCUT2D eigenvalue weighted by Gasteiger charge is 2.81. The van der Waals surface area contributed by atoms with Crippen molar-refractivity contribution >= 4 is 10.1 Å². The summed E-state index contributed by atoms with van der Waals surface area (Å²) in [6.45, 7) is 6.03. The van der Waals surface area contributed by atoms with E-state index in [1.807, 2.05) is 0 Å². The maximum atomic E-state index is 12.0. The predicted octanol–water partition coefficient (Wildman–Crippen LogP) is 4.67. The Bertz CT molecular complexity index is 1090. The third-order valence-corrected chi connectivity index (χ3v) is 11.7. The van der Waals surface area contributed by atoms with Crippen molar-refractivity contribution in [2.75, 3.05) is 33.2 Å². The Hall–Kier alpha value is -1.15. The van der Waals surface area contributed by atoms with E-state index in [9.17, 15) is 8.42 Å². The Morgan fingerprint density at radius 2 is 1.85 bits per heavy atom. The van der Waals surface area contributed by atoms with Crippen LogP contribution in [0.4, 0.5) is 0 Å². The summed E-state index contributed by atoms with van der Waals surface area (Å²) >= 11 is 0. The van der Waals surface area contributed by atoms with Gasteiger partial charge in [0.1, 0.15) is 5.75 Å². The second kappa shape index (κ2) is 7.44. The zero-order valence-electron chi connectivity index (χ0n) is 20.9. The first-order chi connectivity index (χ1) is 16.1. The Labute approximate surface area is 203 Å². The molecular formula is C27H38O6S. The van der Waals surface area contributed by atoms with Gasteiger partial charge in [0.05, 0.1) is 33.2 Å². The summed E-state index contributed by atoms with van der Waals surface area (Å²) in [4.78, 5) is 0. The molecule has 6 atom stereocenters. The third-order valence-electron chi connectivity index (χ3n) is 11.1. The Morgan fingerprint density at radius 1 is 1.09 bits per heavy atom. The lowest BCUT2D eigenvalue weighted by molar-refractivity contribution is -0.272. The van der Waals surface area contributed by atoms with Crippen LogP contribution in [0.2, 0.25) is 0 Å². The molecule has 4 fully saturated rings. The van der Waals surface area contributed by atoms with Crippen LogP contribution in [0, 0.1) is 28.1 Å². The van der Waals surface area contributed by atoms with E-state index in [0.29, 0.717) is 25.0 Å². The van der Waals surface area contributed by atoms with E-state index in [1.165, 1.54) is 17.5 Å². The van der Waals surface area contributed by atoms with Gasteiger partial charge in [0, 0.05) is 5.41 Å². The lowest BCUT2D eigenvalue weighted by atomic mass is 9.46. The first-order valence-electron chi connectivity index (χ1n) is 12.9. The van der Waals surface area contributed by atoms with Crippen molar-refractivity contribution in [3.8, 4) is 5.75 Å². The minimum absolute atomic E-state index is 0.0236. The number of fused-ring (bicyclic) bond motifs is 3. The van der Waals surface area contributed by atoms with Crippen molar-refractivity contribution < 1.29 is 26.8 Å². The molecule has 0 spiro atoms. The first-order valence-corrected chi connectivity index (χ1v) is 14.7. The Kier molecular flexibility index (Phi) is 5.09. The quantitative estimate of drug-likeness (QED) is 0.559. The standard InChI is InChI=1S/C27H38O6S/c1-24-10-9-22-21-7-6-20(30-3)15-18(21)5-8-23(22)26(24)11-12-27(24,25(2)31-13-14-32-25)19(16-26)17-33-34(4,28)29/h6-7,15,19,22-23H,5,8-14,16-17H2,1-4H3/t19-,22+,23+,24-,26?,27-/m0/s1. The molecule has 2 bridgehead atoms. The lowest BCUT2D eigenvalue weighted by Gasteiger charge is -2.59. The highest BCUT2D eigenvalue weighted by atomic mass is 32.2. The number of rotatable bonds is 5. The Morgan fingerprint density at radius 3 is 2.56 bits per heavy atom. The van der Waals surface area contributed by atoms with Crippen LogP contribution in [0.15, 0.2) is 18.2 Å². The van der Waals surface area contributed by atoms with Crippen molar-refractivity contribution in [1.82, 2.24) is 0 Å². The molecule has 7 heteroatoms. The molecular weight excluding hydrogens is 452 g/mol. The van der Waals surface area contributed by atoms with Gasteiger partial charge in [0.2, 0.25) is 0 Å².